The summed E-state index contributed by atoms with van der Waals surface area (Å²) in [5.41, 5.74) is 1.17. The monoisotopic (exact) mass is 333 g/mol. The van der Waals surface area contributed by atoms with Crippen LogP contribution in [0.4, 0.5) is 0 Å². The normalized spacial score (nSPS) is 12.7. The molecule has 1 unspecified atom stereocenters. The van der Waals surface area contributed by atoms with Gasteiger partial charge in [0.05, 0.1) is 0 Å². The van der Waals surface area contributed by atoms with Gasteiger partial charge in [-0.3, -0.25) is 0 Å². The van der Waals surface area contributed by atoms with Gasteiger partial charge in [0.1, 0.15) is 0 Å². The maximum absolute atomic E-state index is 6.28. The fraction of sp³-hybridized carbons (Fsp3) is 0.571. The molecule has 102 valence electrons. The molecule has 0 aliphatic rings. The maximum Gasteiger partial charge on any atom is 0.0462 e. The first-order valence-electron chi connectivity index (χ1n) is 6.36. The molecule has 0 aliphatic heterocycles. The van der Waals surface area contributed by atoms with Crippen LogP contribution in [0.2, 0.25) is 5.02 Å². The summed E-state index contributed by atoms with van der Waals surface area (Å²) >= 11 is 9.78. The minimum Gasteiger partial charge on any atom is -0.385 e. The van der Waals surface area contributed by atoms with Gasteiger partial charge in [-0.2, -0.15) is 0 Å². The Bertz CT molecular complexity index is 360. The predicted molar refractivity (Wildman–Crippen MR) is 81.3 cm³/mol. The van der Waals surface area contributed by atoms with Gasteiger partial charge >= 0.3 is 0 Å². The summed E-state index contributed by atoms with van der Waals surface area (Å²) in [5.74, 6) is 0. The van der Waals surface area contributed by atoms with Crippen molar-refractivity contribution in [1.29, 1.82) is 0 Å². The van der Waals surface area contributed by atoms with Crippen LogP contribution >= 0.6 is 27.5 Å². The predicted octanol–water partition coefficient (Wildman–Crippen LogP) is 4.57. The number of hydrogen-bond acceptors (Lipinski definition) is 2. The minimum absolute atomic E-state index is 0.317. The van der Waals surface area contributed by atoms with Crippen molar-refractivity contribution in [2.24, 2.45) is 0 Å². The number of benzene rings is 1. The molecule has 0 aliphatic carbocycles. The molecule has 0 fully saturated rings. The van der Waals surface area contributed by atoms with E-state index in [0.717, 1.165) is 41.9 Å². The summed E-state index contributed by atoms with van der Waals surface area (Å²) in [6, 6.07) is 6.34. The quantitative estimate of drug-likeness (QED) is 0.703. The summed E-state index contributed by atoms with van der Waals surface area (Å²) in [6.45, 7) is 3.89. The third-order valence-corrected chi connectivity index (χ3v) is 3.71. The van der Waals surface area contributed by atoms with Crippen molar-refractivity contribution >= 4 is 27.5 Å². The zero-order chi connectivity index (χ0) is 13.4. The van der Waals surface area contributed by atoms with Crippen molar-refractivity contribution in [1.82, 2.24) is 5.32 Å². The van der Waals surface area contributed by atoms with Crippen molar-refractivity contribution in [3.8, 4) is 0 Å². The smallest absolute Gasteiger partial charge is 0.0462 e. The Morgan fingerprint density at radius 2 is 2.17 bits per heavy atom. The molecule has 2 nitrogen and oxygen atoms in total. The molecule has 4 heteroatoms. The molecule has 1 atom stereocenters. The number of nitrogens with one attached hydrogen (secondary N) is 1. The van der Waals surface area contributed by atoms with Gasteiger partial charge in [-0.15, -0.1) is 0 Å². The zero-order valence-corrected chi connectivity index (χ0v) is 13.4. The molecule has 1 aromatic carbocycles. The summed E-state index contributed by atoms with van der Waals surface area (Å²) in [5, 5.41) is 4.33. The lowest BCUT2D eigenvalue weighted by atomic mass is 10.0. The zero-order valence-electron chi connectivity index (χ0n) is 11.0. The molecule has 0 saturated carbocycles. The topological polar surface area (TPSA) is 21.3 Å². The van der Waals surface area contributed by atoms with Crippen molar-refractivity contribution in [3.05, 3.63) is 33.3 Å². The minimum atomic E-state index is 0.317. The van der Waals surface area contributed by atoms with Gasteiger partial charge < -0.3 is 10.1 Å². The largest absolute Gasteiger partial charge is 0.385 e. The van der Waals surface area contributed by atoms with Gasteiger partial charge in [0.15, 0.2) is 0 Å². The van der Waals surface area contributed by atoms with Gasteiger partial charge in [-0.25, -0.2) is 0 Å². The van der Waals surface area contributed by atoms with Crippen LogP contribution in [0.25, 0.3) is 0 Å². The average molecular weight is 335 g/mol. The van der Waals surface area contributed by atoms with Gasteiger partial charge in [0.25, 0.3) is 0 Å². The first kappa shape index (κ1) is 16.0. The van der Waals surface area contributed by atoms with E-state index < -0.39 is 0 Å². The number of methoxy groups -OCH3 is 1. The molecule has 0 heterocycles. The van der Waals surface area contributed by atoms with Crippen molar-refractivity contribution in [3.63, 3.8) is 0 Å². The molecule has 0 radical (unpaired) electrons. The van der Waals surface area contributed by atoms with E-state index in [1.54, 1.807) is 7.11 Å². The Hall–Kier alpha value is -0.0900. The molecular formula is C14H21BrClNO. The van der Waals surface area contributed by atoms with E-state index in [4.69, 9.17) is 16.3 Å². The molecule has 0 bridgehead atoms. The fourth-order valence-electron chi connectivity index (χ4n) is 1.99. The Labute approximate surface area is 123 Å². The number of ether oxygens (including phenoxy) is 1. The SMILES string of the molecule is CCNC(CCCCOC)c1cc(Br)ccc1Cl. The molecule has 0 saturated heterocycles. The van der Waals surface area contributed by atoms with Crippen molar-refractivity contribution in [2.75, 3.05) is 20.3 Å². The molecule has 1 aromatic rings. The fourth-order valence-corrected chi connectivity index (χ4v) is 2.62. The van der Waals surface area contributed by atoms with E-state index in [-0.39, 0.29) is 0 Å². The second kappa shape index (κ2) is 8.92. The third kappa shape index (κ3) is 5.27. The average Bonchev–Trinajstić information content (AvgIpc) is 2.36. The van der Waals surface area contributed by atoms with E-state index >= 15 is 0 Å². The van der Waals surface area contributed by atoms with Crippen LogP contribution in [0.5, 0.6) is 0 Å². The summed E-state index contributed by atoms with van der Waals surface area (Å²) in [7, 11) is 1.74. The highest BCUT2D eigenvalue weighted by Gasteiger charge is 2.13. The standard InChI is InChI=1S/C14H21BrClNO/c1-3-17-14(6-4-5-9-18-2)12-10-11(15)7-8-13(12)16/h7-8,10,14,17H,3-6,9H2,1-2H3. The highest BCUT2D eigenvalue weighted by molar-refractivity contribution is 9.10. The van der Waals surface area contributed by atoms with Crippen molar-refractivity contribution < 1.29 is 4.74 Å². The number of rotatable bonds is 8. The lowest BCUT2D eigenvalue weighted by Crippen LogP contribution is -2.21. The number of unbranched alkanes of at least 4 members (excludes halogenated alkanes) is 1. The van der Waals surface area contributed by atoms with Crippen LogP contribution in [-0.4, -0.2) is 20.3 Å². The van der Waals surface area contributed by atoms with E-state index in [1.165, 1.54) is 5.56 Å². The lowest BCUT2D eigenvalue weighted by Gasteiger charge is -2.20. The van der Waals surface area contributed by atoms with Crippen LogP contribution in [0.15, 0.2) is 22.7 Å². The second-order valence-corrected chi connectivity index (χ2v) is 5.59. The first-order valence-corrected chi connectivity index (χ1v) is 7.53. The molecule has 0 aromatic heterocycles. The highest BCUT2D eigenvalue weighted by atomic mass is 79.9. The summed E-state index contributed by atoms with van der Waals surface area (Å²) < 4.78 is 6.15. The van der Waals surface area contributed by atoms with E-state index in [0.29, 0.717) is 6.04 Å². The summed E-state index contributed by atoms with van der Waals surface area (Å²) in [6.07, 6.45) is 3.30. The second-order valence-electron chi connectivity index (χ2n) is 4.26. The highest BCUT2D eigenvalue weighted by Crippen LogP contribution is 2.29. The molecule has 18 heavy (non-hydrogen) atoms. The third-order valence-electron chi connectivity index (χ3n) is 2.88. The molecular weight excluding hydrogens is 314 g/mol. The Morgan fingerprint density at radius 1 is 1.39 bits per heavy atom. The first-order chi connectivity index (χ1) is 8.69. The van der Waals surface area contributed by atoms with Crippen LogP contribution in [0.3, 0.4) is 0 Å². The van der Waals surface area contributed by atoms with Crippen LogP contribution < -0.4 is 5.32 Å². The Balaban J connectivity index is 2.67. The van der Waals surface area contributed by atoms with Gasteiger partial charge in [-0.05, 0) is 49.6 Å². The van der Waals surface area contributed by atoms with E-state index in [9.17, 15) is 0 Å². The van der Waals surface area contributed by atoms with Crippen LogP contribution in [0.1, 0.15) is 37.8 Å². The molecule has 0 spiro atoms. The van der Waals surface area contributed by atoms with Gasteiger partial charge in [0.2, 0.25) is 0 Å². The maximum atomic E-state index is 6.28. The Morgan fingerprint density at radius 3 is 2.83 bits per heavy atom. The van der Waals surface area contributed by atoms with E-state index in [2.05, 4.69) is 34.2 Å². The van der Waals surface area contributed by atoms with Crippen molar-refractivity contribution in [2.45, 2.75) is 32.2 Å². The van der Waals surface area contributed by atoms with Crippen LogP contribution in [-0.2, 0) is 4.74 Å². The lowest BCUT2D eigenvalue weighted by molar-refractivity contribution is 0.191. The van der Waals surface area contributed by atoms with E-state index in [1.807, 2.05) is 12.1 Å². The van der Waals surface area contributed by atoms with Gasteiger partial charge in [0, 0.05) is 29.3 Å². The van der Waals surface area contributed by atoms with Gasteiger partial charge in [-0.1, -0.05) is 34.5 Å². The Kier molecular flexibility index (Phi) is 7.91. The number of hydrogen-bond donors (Lipinski definition) is 1. The number of halogens is 2. The summed E-state index contributed by atoms with van der Waals surface area (Å²) in [4.78, 5) is 0. The molecule has 1 rings (SSSR count). The van der Waals surface area contributed by atoms with Crippen LogP contribution in [0, 0.1) is 0 Å². The molecule has 1 N–H and O–H groups in total. The molecule has 0 amide bonds.